The molecule has 90 valence electrons. The minimum Gasteiger partial charge on any atom is -0.396 e. The molecular formula is C13H20O3. The molecule has 1 aliphatic heterocycles. The Morgan fingerprint density at radius 3 is 2.75 bits per heavy atom. The first kappa shape index (κ1) is 9.86. The number of ether oxygens (including phenoxy) is 2. The number of aliphatic hydroxyl groups is 1. The number of aliphatic hydroxyl groups excluding tert-OH is 1. The van der Waals surface area contributed by atoms with E-state index in [0.29, 0.717) is 11.8 Å². The molecule has 5 atom stereocenters. The summed E-state index contributed by atoms with van der Waals surface area (Å²) in [5, 5.41) is 9.22. The SMILES string of the molecule is OCCC1[C@H]2[C@H]3C[C@H]3CC[C@@H]2C12OCCO2. The Morgan fingerprint density at radius 2 is 2.00 bits per heavy atom. The van der Waals surface area contributed by atoms with Gasteiger partial charge in [0.15, 0.2) is 5.79 Å². The molecule has 4 aliphatic rings. The summed E-state index contributed by atoms with van der Waals surface area (Å²) in [6, 6.07) is 0. The first-order chi connectivity index (χ1) is 7.87. The number of rotatable bonds is 2. The zero-order valence-corrected chi connectivity index (χ0v) is 9.60. The van der Waals surface area contributed by atoms with Crippen molar-refractivity contribution in [3.63, 3.8) is 0 Å². The van der Waals surface area contributed by atoms with E-state index in [-0.39, 0.29) is 12.4 Å². The van der Waals surface area contributed by atoms with Crippen LogP contribution in [-0.4, -0.2) is 30.7 Å². The van der Waals surface area contributed by atoms with Crippen molar-refractivity contribution >= 4 is 0 Å². The number of hydrogen-bond acceptors (Lipinski definition) is 3. The third-order valence-electron chi connectivity index (χ3n) is 5.46. The molecule has 1 N–H and O–H groups in total. The van der Waals surface area contributed by atoms with Crippen LogP contribution in [0.5, 0.6) is 0 Å². The Bertz CT molecular complexity index is 298. The van der Waals surface area contributed by atoms with Gasteiger partial charge in [-0.3, -0.25) is 0 Å². The maximum atomic E-state index is 9.22. The van der Waals surface area contributed by atoms with Gasteiger partial charge in [0.25, 0.3) is 0 Å². The largest absolute Gasteiger partial charge is 0.396 e. The third-order valence-corrected chi connectivity index (χ3v) is 5.46. The molecule has 4 fully saturated rings. The lowest BCUT2D eigenvalue weighted by Gasteiger charge is -2.60. The van der Waals surface area contributed by atoms with E-state index in [9.17, 15) is 5.11 Å². The lowest BCUT2D eigenvalue weighted by Crippen LogP contribution is -2.65. The highest BCUT2D eigenvalue weighted by atomic mass is 16.7. The third kappa shape index (κ3) is 1.05. The molecule has 0 bridgehead atoms. The Hall–Kier alpha value is -0.120. The fraction of sp³-hybridized carbons (Fsp3) is 1.00. The molecule has 3 nitrogen and oxygen atoms in total. The second-order valence-corrected chi connectivity index (χ2v) is 5.96. The van der Waals surface area contributed by atoms with Crippen LogP contribution in [0.3, 0.4) is 0 Å². The molecule has 16 heavy (non-hydrogen) atoms. The summed E-state index contributed by atoms with van der Waals surface area (Å²) in [5.41, 5.74) is 0. The maximum absolute atomic E-state index is 9.22. The minimum absolute atomic E-state index is 0.277. The smallest absolute Gasteiger partial charge is 0.174 e. The molecule has 1 heterocycles. The van der Waals surface area contributed by atoms with Crippen LogP contribution in [-0.2, 0) is 9.47 Å². The Kier molecular flexibility index (Phi) is 1.98. The summed E-state index contributed by atoms with van der Waals surface area (Å²) in [5.74, 6) is 3.57. The second-order valence-electron chi connectivity index (χ2n) is 5.96. The Balaban J connectivity index is 1.61. The fourth-order valence-corrected chi connectivity index (χ4v) is 4.84. The minimum atomic E-state index is -0.277. The van der Waals surface area contributed by atoms with Crippen LogP contribution in [0.1, 0.15) is 25.7 Å². The molecule has 3 aliphatic carbocycles. The molecule has 0 radical (unpaired) electrons. The summed E-state index contributed by atoms with van der Waals surface area (Å²) in [6.45, 7) is 1.78. The summed E-state index contributed by atoms with van der Waals surface area (Å²) in [7, 11) is 0. The average Bonchev–Trinajstić information content (AvgIpc) is 2.88. The molecule has 1 unspecified atom stereocenters. The monoisotopic (exact) mass is 224 g/mol. The van der Waals surface area contributed by atoms with Gasteiger partial charge in [-0.1, -0.05) is 0 Å². The quantitative estimate of drug-likeness (QED) is 0.770. The Morgan fingerprint density at radius 1 is 1.19 bits per heavy atom. The molecule has 3 saturated carbocycles. The van der Waals surface area contributed by atoms with Crippen molar-refractivity contribution in [1.29, 1.82) is 0 Å². The van der Waals surface area contributed by atoms with Gasteiger partial charge in [0.2, 0.25) is 0 Å². The van der Waals surface area contributed by atoms with E-state index >= 15 is 0 Å². The summed E-state index contributed by atoms with van der Waals surface area (Å²) in [4.78, 5) is 0. The van der Waals surface area contributed by atoms with Gasteiger partial charge in [-0.15, -0.1) is 0 Å². The van der Waals surface area contributed by atoms with Crippen molar-refractivity contribution in [2.45, 2.75) is 31.5 Å². The highest BCUT2D eigenvalue weighted by Crippen LogP contribution is 2.69. The summed E-state index contributed by atoms with van der Waals surface area (Å²) < 4.78 is 11.9. The normalized spacial score (nSPS) is 51.9. The van der Waals surface area contributed by atoms with E-state index in [2.05, 4.69) is 0 Å². The molecule has 4 rings (SSSR count). The second kappa shape index (κ2) is 3.21. The average molecular weight is 224 g/mol. The molecule has 0 aromatic carbocycles. The van der Waals surface area contributed by atoms with Gasteiger partial charge in [-0.25, -0.2) is 0 Å². The molecule has 1 saturated heterocycles. The van der Waals surface area contributed by atoms with E-state index in [0.717, 1.165) is 37.4 Å². The van der Waals surface area contributed by atoms with E-state index in [1.54, 1.807) is 0 Å². The van der Waals surface area contributed by atoms with Crippen LogP contribution >= 0.6 is 0 Å². The van der Waals surface area contributed by atoms with Crippen molar-refractivity contribution in [3.05, 3.63) is 0 Å². The van der Waals surface area contributed by atoms with Crippen molar-refractivity contribution in [3.8, 4) is 0 Å². The van der Waals surface area contributed by atoms with Crippen LogP contribution < -0.4 is 0 Å². The zero-order valence-electron chi connectivity index (χ0n) is 9.60. The molecule has 0 aromatic rings. The van der Waals surface area contributed by atoms with Gasteiger partial charge < -0.3 is 14.6 Å². The molecule has 1 spiro atoms. The van der Waals surface area contributed by atoms with E-state index in [4.69, 9.17) is 9.47 Å². The first-order valence-electron chi connectivity index (χ1n) is 6.75. The lowest BCUT2D eigenvalue weighted by molar-refractivity contribution is -0.333. The Labute approximate surface area is 96.1 Å². The van der Waals surface area contributed by atoms with Gasteiger partial charge in [-0.05, 0) is 43.4 Å². The molecular weight excluding hydrogens is 204 g/mol. The standard InChI is InChI=1S/C13H20O3/c14-4-3-11-12-9-7-8(9)1-2-10(12)13(11)15-5-6-16-13/h8-12,14H,1-7H2/t8-,9+,10+,11?,12+/m1/s1. The van der Waals surface area contributed by atoms with Crippen LogP contribution in [0.15, 0.2) is 0 Å². The van der Waals surface area contributed by atoms with Crippen LogP contribution in [0.2, 0.25) is 0 Å². The predicted molar refractivity (Wildman–Crippen MR) is 57.6 cm³/mol. The van der Waals surface area contributed by atoms with Crippen molar-refractivity contribution in [1.82, 2.24) is 0 Å². The zero-order chi connectivity index (χ0) is 10.8. The van der Waals surface area contributed by atoms with Gasteiger partial charge >= 0.3 is 0 Å². The molecule has 0 aromatic heterocycles. The topological polar surface area (TPSA) is 38.7 Å². The molecule has 3 heteroatoms. The van der Waals surface area contributed by atoms with Crippen molar-refractivity contribution in [2.24, 2.45) is 29.6 Å². The highest BCUT2D eigenvalue weighted by molar-refractivity contribution is 5.15. The predicted octanol–water partition coefficient (Wildman–Crippen LogP) is 1.40. The van der Waals surface area contributed by atoms with E-state index in [1.165, 1.54) is 19.3 Å². The fourth-order valence-electron chi connectivity index (χ4n) is 4.84. The summed E-state index contributed by atoms with van der Waals surface area (Å²) >= 11 is 0. The van der Waals surface area contributed by atoms with Crippen LogP contribution in [0.25, 0.3) is 0 Å². The lowest BCUT2D eigenvalue weighted by atomic mass is 9.53. The molecule has 0 amide bonds. The van der Waals surface area contributed by atoms with Crippen molar-refractivity contribution < 1.29 is 14.6 Å². The number of fused-ring (bicyclic) bond motifs is 4. The van der Waals surface area contributed by atoms with E-state index < -0.39 is 0 Å². The van der Waals surface area contributed by atoms with Crippen LogP contribution in [0, 0.1) is 29.6 Å². The van der Waals surface area contributed by atoms with Crippen LogP contribution in [0.4, 0.5) is 0 Å². The van der Waals surface area contributed by atoms with Gasteiger partial charge in [0.1, 0.15) is 0 Å². The maximum Gasteiger partial charge on any atom is 0.174 e. The highest BCUT2D eigenvalue weighted by Gasteiger charge is 2.71. The van der Waals surface area contributed by atoms with Gasteiger partial charge in [-0.2, -0.15) is 0 Å². The van der Waals surface area contributed by atoms with Gasteiger partial charge in [0.05, 0.1) is 13.2 Å². The summed E-state index contributed by atoms with van der Waals surface area (Å²) in [6.07, 6.45) is 4.96. The first-order valence-corrected chi connectivity index (χ1v) is 6.75. The van der Waals surface area contributed by atoms with Crippen molar-refractivity contribution in [2.75, 3.05) is 19.8 Å². The number of hydrogen-bond donors (Lipinski definition) is 1. The van der Waals surface area contributed by atoms with Gasteiger partial charge in [0, 0.05) is 18.4 Å². The van der Waals surface area contributed by atoms with E-state index in [1.807, 2.05) is 0 Å².